The third kappa shape index (κ3) is 3.00. The molecule has 0 spiro atoms. The molecule has 4 nitrogen and oxygen atoms in total. The lowest BCUT2D eigenvalue weighted by atomic mass is 10.2. The summed E-state index contributed by atoms with van der Waals surface area (Å²) in [5.41, 5.74) is 0.498. The summed E-state index contributed by atoms with van der Waals surface area (Å²) in [6, 6.07) is 4.15. The van der Waals surface area contributed by atoms with E-state index in [1.54, 1.807) is 6.07 Å². The minimum atomic E-state index is -3.34. The maximum absolute atomic E-state index is 14.0. The molecule has 18 heavy (non-hydrogen) atoms. The van der Waals surface area contributed by atoms with E-state index < -0.39 is 15.7 Å². The van der Waals surface area contributed by atoms with Crippen LogP contribution in [0.25, 0.3) is 0 Å². The lowest BCUT2D eigenvalue weighted by molar-refractivity contribution is -0.650. The van der Waals surface area contributed by atoms with Gasteiger partial charge in [-0.1, -0.05) is 0 Å². The van der Waals surface area contributed by atoms with Crippen LogP contribution in [-0.4, -0.2) is 40.9 Å². The normalized spacial score (nSPS) is 17.6. The predicted molar refractivity (Wildman–Crippen MR) is 68.0 cm³/mol. The van der Waals surface area contributed by atoms with Gasteiger partial charge in [-0.2, -0.15) is 0 Å². The molecule has 1 saturated heterocycles. The van der Waals surface area contributed by atoms with Crippen LogP contribution < -0.4 is 10.2 Å². The molecule has 1 aromatic carbocycles. The molecule has 6 heteroatoms. The quantitative estimate of drug-likeness (QED) is 0.825. The number of hydrogen-bond donors (Lipinski definition) is 1. The van der Waals surface area contributed by atoms with Crippen LogP contribution in [0.15, 0.2) is 23.1 Å². The summed E-state index contributed by atoms with van der Waals surface area (Å²) < 4.78 is 36.7. The fourth-order valence-electron chi connectivity index (χ4n) is 2.15. The fraction of sp³-hybridized carbons (Fsp3) is 0.500. The van der Waals surface area contributed by atoms with E-state index in [2.05, 4.69) is 5.32 Å². The summed E-state index contributed by atoms with van der Waals surface area (Å²) in [5.74, 6) is -0.458. The highest BCUT2D eigenvalue weighted by atomic mass is 32.2. The van der Waals surface area contributed by atoms with Crippen LogP contribution in [0.2, 0.25) is 0 Å². The molecule has 0 amide bonds. The Hall–Kier alpha value is -1.14. The zero-order valence-electron chi connectivity index (χ0n) is 10.4. The van der Waals surface area contributed by atoms with Crippen LogP contribution in [0.5, 0.6) is 0 Å². The van der Waals surface area contributed by atoms with Crippen LogP contribution >= 0.6 is 0 Å². The number of sulfone groups is 1. The number of halogens is 1. The fourth-order valence-corrected chi connectivity index (χ4v) is 2.78. The second-order valence-corrected chi connectivity index (χ2v) is 6.61. The summed E-state index contributed by atoms with van der Waals surface area (Å²) in [4.78, 5) is 2.01. The average Bonchev–Trinajstić information content (AvgIpc) is 2.56. The van der Waals surface area contributed by atoms with Gasteiger partial charge in [-0.3, -0.25) is 0 Å². The molecule has 0 bridgehead atoms. The van der Waals surface area contributed by atoms with Gasteiger partial charge in [-0.15, -0.1) is 0 Å². The monoisotopic (exact) mass is 273 g/mol. The SMILES string of the molecule is CS(=O)(=O)c1ccc(N2CCC[NH2+]CC2)c(F)c1. The first-order valence-electron chi connectivity index (χ1n) is 6.05. The predicted octanol–water partition coefficient (Wildman–Crippen LogP) is 0.00270. The zero-order chi connectivity index (χ0) is 13.2. The lowest BCUT2D eigenvalue weighted by Gasteiger charge is -2.22. The van der Waals surface area contributed by atoms with Crippen molar-refractivity contribution in [2.45, 2.75) is 11.3 Å². The van der Waals surface area contributed by atoms with Crippen LogP contribution in [0.1, 0.15) is 6.42 Å². The van der Waals surface area contributed by atoms with Gasteiger partial charge in [0, 0.05) is 19.2 Å². The molecule has 0 aliphatic carbocycles. The molecule has 1 heterocycles. The molecule has 2 rings (SSSR count). The molecule has 2 N–H and O–H groups in total. The average molecular weight is 273 g/mol. The van der Waals surface area contributed by atoms with Crippen molar-refractivity contribution in [1.82, 2.24) is 0 Å². The van der Waals surface area contributed by atoms with Crippen molar-refractivity contribution >= 4 is 15.5 Å². The van der Waals surface area contributed by atoms with Gasteiger partial charge in [0.25, 0.3) is 0 Å². The van der Waals surface area contributed by atoms with Crippen LogP contribution in [-0.2, 0) is 9.84 Å². The molecule has 1 aromatic rings. The molecule has 0 unspecified atom stereocenters. The Kier molecular flexibility index (Phi) is 3.87. The van der Waals surface area contributed by atoms with E-state index in [1.807, 2.05) is 4.90 Å². The zero-order valence-corrected chi connectivity index (χ0v) is 11.2. The van der Waals surface area contributed by atoms with Crippen molar-refractivity contribution in [3.05, 3.63) is 24.0 Å². The molecule has 0 saturated carbocycles. The Morgan fingerprint density at radius 2 is 2.06 bits per heavy atom. The highest BCUT2D eigenvalue weighted by molar-refractivity contribution is 7.90. The molecular formula is C12H18FN2O2S+. The summed E-state index contributed by atoms with van der Waals surface area (Å²) >= 11 is 0. The van der Waals surface area contributed by atoms with E-state index in [0.29, 0.717) is 5.69 Å². The van der Waals surface area contributed by atoms with Gasteiger partial charge in [0.2, 0.25) is 0 Å². The van der Waals surface area contributed by atoms with E-state index in [9.17, 15) is 12.8 Å². The Labute approximate surface area is 107 Å². The largest absolute Gasteiger partial charge is 0.363 e. The molecule has 1 aliphatic rings. The standard InChI is InChI=1S/C12H17FN2O2S/c1-18(16,17)10-3-4-12(11(13)9-10)15-7-2-5-14-6-8-15/h3-4,9,14H,2,5-8H2,1H3/p+1. The number of nitrogens with two attached hydrogens (primary N) is 1. The summed E-state index contributed by atoms with van der Waals surface area (Å²) in [6.45, 7) is 3.59. The molecule has 0 atom stereocenters. The summed E-state index contributed by atoms with van der Waals surface area (Å²) in [5, 5.41) is 2.21. The van der Waals surface area contributed by atoms with Gasteiger partial charge in [-0.25, -0.2) is 12.8 Å². The molecule has 0 radical (unpaired) electrons. The Morgan fingerprint density at radius 1 is 1.28 bits per heavy atom. The lowest BCUT2D eigenvalue weighted by Crippen LogP contribution is -2.84. The number of anilines is 1. The Bertz CT molecular complexity index is 523. The number of benzene rings is 1. The van der Waals surface area contributed by atoms with Crippen LogP contribution in [0.3, 0.4) is 0 Å². The minimum absolute atomic E-state index is 0.0325. The van der Waals surface area contributed by atoms with Gasteiger partial charge in [-0.05, 0) is 18.2 Å². The van der Waals surface area contributed by atoms with E-state index in [4.69, 9.17) is 0 Å². The highest BCUT2D eigenvalue weighted by Crippen LogP contribution is 2.22. The van der Waals surface area contributed by atoms with E-state index >= 15 is 0 Å². The van der Waals surface area contributed by atoms with Crippen molar-refractivity contribution in [3.8, 4) is 0 Å². The van der Waals surface area contributed by atoms with Gasteiger partial charge in [0.1, 0.15) is 5.82 Å². The van der Waals surface area contributed by atoms with E-state index in [-0.39, 0.29) is 4.90 Å². The van der Waals surface area contributed by atoms with E-state index in [0.717, 1.165) is 44.9 Å². The number of rotatable bonds is 2. The maximum atomic E-state index is 14.0. The van der Waals surface area contributed by atoms with E-state index in [1.165, 1.54) is 6.07 Å². The summed E-state index contributed by atoms with van der Waals surface area (Å²) in [6.07, 6.45) is 2.09. The number of quaternary nitrogens is 1. The third-order valence-corrected chi connectivity index (χ3v) is 4.24. The minimum Gasteiger partial charge on any atom is -0.363 e. The highest BCUT2D eigenvalue weighted by Gasteiger charge is 2.17. The Balaban J connectivity index is 2.29. The van der Waals surface area contributed by atoms with Gasteiger partial charge in [0.05, 0.1) is 30.2 Å². The van der Waals surface area contributed by atoms with Crippen molar-refractivity contribution in [2.75, 3.05) is 37.3 Å². The van der Waals surface area contributed by atoms with Crippen molar-refractivity contribution in [1.29, 1.82) is 0 Å². The second kappa shape index (κ2) is 5.24. The molecular weight excluding hydrogens is 255 g/mol. The maximum Gasteiger partial charge on any atom is 0.175 e. The van der Waals surface area contributed by atoms with Gasteiger partial charge >= 0.3 is 0 Å². The molecule has 0 aromatic heterocycles. The number of hydrogen-bond acceptors (Lipinski definition) is 3. The Morgan fingerprint density at radius 3 is 2.72 bits per heavy atom. The molecule has 1 aliphatic heterocycles. The van der Waals surface area contributed by atoms with Gasteiger partial charge in [0.15, 0.2) is 9.84 Å². The topological polar surface area (TPSA) is 54.0 Å². The van der Waals surface area contributed by atoms with Crippen LogP contribution in [0.4, 0.5) is 10.1 Å². The first-order chi connectivity index (χ1) is 8.48. The smallest absolute Gasteiger partial charge is 0.175 e. The van der Waals surface area contributed by atoms with Crippen molar-refractivity contribution in [3.63, 3.8) is 0 Å². The first-order valence-corrected chi connectivity index (χ1v) is 7.94. The third-order valence-electron chi connectivity index (χ3n) is 3.13. The number of nitrogens with zero attached hydrogens (tertiary/aromatic N) is 1. The van der Waals surface area contributed by atoms with Crippen LogP contribution in [0, 0.1) is 5.82 Å². The van der Waals surface area contributed by atoms with Crippen molar-refractivity contribution < 1.29 is 18.1 Å². The molecule has 100 valence electrons. The second-order valence-electron chi connectivity index (χ2n) is 4.59. The first kappa shape index (κ1) is 13.3. The van der Waals surface area contributed by atoms with Crippen molar-refractivity contribution in [2.24, 2.45) is 0 Å². The molecule has 1 fully saturated rings. The summed E-state index contributed by atoms with van der Waals surface area (Å²) in [7, 11) is -3.34. The van der Waals surface area contributed by atoms with Gasteiger partial charge < -0.3 is 10.2 Å².